The normalized spacial score (nSPS) is 16.1. The van der Waals surface area contributed by atoms with Gasteiger partial charge in [0.15, 0.2) is 5.76 Å². The van der Waals surface area contributed by atoms with Crippen molar-refractivity contribution in [3.05, 3.63) is 54.1 Å². The number of aromatic amines is 1. The van der Waals surface area contributed by atoms with E-state index in [2.05, 4.69) is 15.4 Å². The van der Waals surface area contributed by atoms with Gasteiger partial charge in [0.05, 0.1) is 23.8 Å². The molecule has 188 valence electrons. The van der Waals surface area contributed by atoms with Crippen molar-refractivity contribution in [1.82, 2.24) is 20.3 Å². The number of aliphatic hydroxyl groups is 1. The summed E-state index contributed by atoms with van der Waals surface area (Å²) in [5, 5.41) is 23.0. The van der Waals surface area contributed by atoms with E-state index < -0.39 is 5.60 Å². The van der Waals surface area contributed by atoms with Crippen molar-refractivity contribution in [2.45, 2.75) is 38.3 Å². The van der Waals surface area contributed by atoms with Gasteiger partial charge in [-0.05, 0) is 51.0 Å². The molecular weight excluding hydrogens is 460 g/mol. The van der Waals surface area contributed by atoms with E-state index in [0.29, 0.717) is 42.5 Å². The van der Waals surface area contributed by atoms with Crippen molar-refractivity contribution in [3.63, 3.8) is 0 Å². The average molecular weight is 491 g/mol. The molecule has 0 saturated carbocycles. The number of amides is 1. The van der Waals surface area contributed by atoms with Gasteiger partial charge in [0.2, 0.25) is 0 Å². The van der Waals surface area contributed by atoms with E-state index in [1.165, 1.54) is 0 Å². The first-order valence-corrected chi connectivity index (χ1v) is 12.1. The minimum absolute atomic E-state index is 0.0689. The predicted molar refractivity (Wildman–Crippen MR) is 135 cm³/mol. The Morgan fingerprint density at radius 1 is 1.19 bits per heavy atom. The minimum Gasteiger partial charge on any atom is -0.491 e. The quantitative estimate of drug-likeness (QED) is 0.354. The SMILES string of the molecule is COCCOc1ccc2c(-c3cc(-c4ccc(C(=O)N5CCCC5C(C)(C)O)cc4)no3)n[nH]c2c1. The molecule has 5 rings (SSSR count). The molecule has 1 aliphatic rings. The second-order valence-electron chi connectivity index (χ2n) is 9.58. The summed E-state index contributed by atoms with van der Waals surface area (Å²) < 4.78 is 16.3. The van der Waals surface area contributed by atoms with Gasteiger partial charge in [-0.3, -0.25) is 9.89 Å². The molecular formula is C27H30N4O5. The average Bonchev–Trinajstić information content (AvgIpc) is 3.62. The molecule has 0 spiro atoms. The summed E-state index contributed by atoms with van der Waals surface area (Å²) >= 11 is 0. The van der Waals surface area contributed by atoms with E-state index in [0.717, 1.165) is 35.1 Å². The standard InChI is InChI=1S/C27H30N4O5/c1-27(2,33)24-5-4-12-31(24)26(32)18-8-6-17(7-9-18)21-16-23(36-30-21)25-20-11-10-19(35-14-13-34-3)15-22(20)28-29-25/h6-11,15-16,24,33H,4-5,12-14H2,1-3H3,(H,28,29). The Bertz CT molecular complexity index is 1350. The zero-order valence-electron chi connectivity index (χ0n) is 20.7. The van der Waals surface area contributed by atoms with E-state index in [1.807, 2.05) is 36.4 Å². The summed E-state index contributed by atoms with van der Waals surface area (Å²) in [7, 11) is 1.63. The predicted octanol–water partition coefficient (Wildman–Crippen LogP) is 4.29. The Morgan fingerprint density at radius 3 is 2.75 bits per heavy atom. The number of ether oxygens (including phenoxy) is 2. The highest BCUT2D eigenvalue weighted by molar-refractivity contribution is 5.95. The number of methoxy groups -OCH3 is 1. The number of nitrogens with one attached hydrogen (secondary N) is 1. The molecule has 1 atom stereocenters. The van der Waals surface area contributed by atoms with Gasteiger partial charge < -0.3 is 24.0 Å². The van der Waals surface area contributed by atoms with E-state index in [1.54, 1.807) is 38.0 Å². The van der Waals surface area contributed by atoms with Crippen LogP contribution in [0.25, 0.3) is 33.6 Å². The smallest absolute Gasteiger partial charge is 0.254 e. The third kappa shape index (κ3) is 4.72. The lowest BCUT2D eigenvalue weighted by molar-refractivity contribution is 0.000337. The van der Waals surface area contributed by atoms with Gasteiger partial charge >= 0.3 is 0 Å². The number of carbonyl (C=O) groups excluding carboxylic acids is 1. The van der Waals surface area contributed by atoms with E-state index in [4.69, 9.17) is 14.0 Å². The maximum atomic E-state index is 13.1. The van der Waals surface area contributed by atoms with Crippen molar-refractivity contribution in [2.75, 3.05) is 26.9 Å². The van der Waals surface area contributed by atoms with Gasteiger partial charge in [0, 0.05) is 42.3 Å². The molecule has 36 heavy (non-hydrogen) atoms. The maximum Gasteiger partial charge on any atom is 0.254 e. The third-order valence-electron chi connectivity index (χ3n) is 6.59. The molecule has 2 N–H and O–H groups in total. The highest BCUT2D eigenvalue weighted by atomic mass is 16.5. The van der Waals surface area contributed by atoms with Crippen LogP contribution in [0.4, 0.5) is 0 Å². The number of nitrogens with zero attached hydrogens (tertiary/aromatic N) is 3. The molecule has 0 radical (unpaired) electrons. The van der Waals surface area contributed by atoms with Crippen LogP contribution in [0.3, 0.4) is 0 Å². The van der Waals surface area contributed by atoms with Crippen LogP contribution in [-0.4, -0.2) is 69.8 Å². The van der Waals surface area contributed by atoms with E-state index in [9.17, 15) is 9.90 Å². The Labute approximate surface area is 209 Å². The second-order valence-corrected chi connectivity index (χ2v) is 9.58. The summed E-state index contributed by atoms with van der Waals surface area (Å²) in [6.45, 7) is 5.15. The summed E-state index contributed by atoms with van der Waals surface area (Å²) in [6.07, 6.45) is 1.70. The monoisotopic (exact) mass is 490 g/mol. The summed E-state index contributed by atoms with van der Waals surface area (Å²) in [5.41, 5.74) is 2.61. The first-order chi connectivity index (χ1) is 17.3. The topological polar surface area (TPSA) is 114 Å². The van der Waals surface area contributed by atoms with Crippen LogP contribution in [0.2, 0.25) is 0 Å². The molecule has 1 fully saturated rings. The number of fused-ring (bicyclic) bond motifs is 1. The molecule has 2 aromatic heterocycles. The molecule has 4 aromatic rings. The number of benzene rings is 2. The fourth-order valence-corrected chi connectivity index (χ4v) is 4.74. The first kappa shape index (κ1) is 24.0. The Hall–Kier alpha value is -3.69. The highest BCUT2D eigenvalue weighted by Crippen LogP contribution is 2.32. The van der Waals surface area contributed by atoms with Crippen LogP contribution in [0.1, 0.15) is 37.0 Å². The van der Waals surface area contributed by atoms with Crippen molar-refractivity contribution in [2.24, 2.45) is 0 Å². The lowest BCUT2D eigenvalue weighted by atomic mass is 9.96. The number of likely N-dealkylation sites (tertiary alicyclic amines) is 1. The van der Waals surface area contributed by atoms with Crippen molar-refractivity contribution >= 4 is 16.8 Å². The fraction of sp³-hybridized carbons (Fsp3) is 0.370. The minimum atomic E-state index is -0.932. The number of hydrogen-bond donors (Lipinski definition) is 2. The molecule has 1 amide bonds. The third-order valence-corrected chi connectivity index (χ3v) is 6.59. The van der Waals surface area contributed by atoms with Crippen molar-refractivity contribution < 1.29 is 23.9 Å². The van der Waals surface area contributed by atoms with Crippen LogP contribution in [0.15, 0.2) is 53.1 Å². The number of hydrogen-bond acceptors (Lipinski definition) is 7. The Kier molecular flexibility index (Phi) is 6.51. The lowest BCUT2D eigenvalue weighted by Crippen LogP contribution is -2.48. The number of aromatic nitrogens is 3. The van der Waals surface area contributed by atoms with E-state index >= 15 is 0 Å². The van der Waals surface area contributed by atoms with Gasteiger partial charge in [0.25, 0.3) is 5.91 Å². The van der Waals surface area contributed by atoms with Gasteiger partial charge in [0.1, 0.15) is 23.7 Å². The molecule has 2 aromatic carbocycles. The largest absolute Gasteiger partial charge is 0.491 e. The number of carbonyl (C=O) groups is 1. The maximum absolute atomic E-state index is 13.1. The van der Waals surface area contributed by atoms with Crippen LogP contribution in [-0.2, 0) is 4.74 Å². The number of rotatable bonds is 8. The number of H-pyrrole nitrogens is 1. The second kappa shape index (κ2) is 9.75. The van der Waals surface area contributed by atoms with E-state index in [-0.39, 0.29) is 11.9 Å². The van der Waals surface area contributed by atoms with Crippen LogP contribution >= 0.6 is 0 Å². The molecule has 1 saturated heterocycles. The van der Waals surface area contributed by atoms with Crippen molar-refractivity contribution in [3.8, 4) is 28.5 Å². The first-order valence-electron chi connectivity index (χ1n) is 12.1. The molecule has 9 nitrogen and oxygen atoms in total. The molecule has 0 bridgehead atoms. The molecule has 3 heterocycles. The highest BCUT2D eigenvalue weighted by Gasteiger charge is 2.38. The summed E-state index contributed by atoms with van der Waals surface area (Å²) in [4.78, 5) is 14.9. The van der Waals surface area contributed by atoms with Crippen LogP contribution in [0, 0.1) is 0 Å². The molecule has 1 aliphatic heterocycles. The van der Waals surface area contributed by atoms with Crippen molar-refractivity contribution in [1.29, 1.82) is 0 Å². The Balaban J connectivity index is 1.32. The van der Waals surface area contributed by atoms with Gasteiger partial charge in [-0.1, -0.05) is 17.3 Å². The molecule has 1 unspecified atom stereocenters. The van der Waals surface area contributed by atoms with Gasteiger partial charge in [-0.2, -0.15) is 5.10 Å². The molecule has 0 aliphatic carbocycles. The fourth-order valence-electron chi connectivity index (χ4n) is 4.74. The summed E-state index contributed by atoms with van der Waals surface area (Å²) in [6, 6.07) is 14.6. The van der Waals surface area contributed by atoms with Gasteiger partial charge in [-0.15, -0.1) is 0 Å². The van der Waals surface area contributed by atoms with Crippen LogP contribution < -0.4 is 4.74 Å². The van der Waals surface area contributed by atoms with Crippen LogP contribution in [0.5, 0.6) is 5.75 Å². The zero-order valence-corrected chi connectivity index (χ0v) is 20.7. The lowest BCUT2D eigenvalue weighted by Gasteiger charge is -2.33. The van der Waals surface area contributed by atoms with Gasteiger partial charge in [-0.25, -0.2) is 0 Å². The molecule has 9 heteroatoms. The summed E-state index contributed by atoms with van der Waals surface area (Å²) in [5.74, 6) is 1.19. The zero-order chi connectivity index (χ0) is 25.3. The Morgan fingerprint density at radius 2 is 2.00 bits per heavy atom.